The molecule has 3 rings (SSSR count). The molecule has 2 aromatic rings. The van der Waals surface area contributed by atoms with Gasteiger partial charge < -0.3 is 14.2 Å². The SMILES string of the molecule is CC(CNS(=O)(=O)c1ccc2oc(=O)ccc2c1)CN1CCN(C)CC1. The van der Waals surface area contributed by atoms with Crippen molar-refractivity contribution in [2.75, 3.05) is 46.3 Å². The van der Waals surface area contributed by atoms with Crippen molar-refractivity contribution in [2.24, 2.45) is 5.92 Å². The van der Waals surface area contributed by atoms with E-state index in [1.165, 1.54) is 24.3 Å². The Hall–Kier alpha value is -1.74. The van der Waals surface area contributed by atoms with Gasteiger partial charge >= 0.3 is 5.63 Å². The summed E-state index contributed by atoms with van der Waals surface area (Å²) in [5.74, 6) is 0.214. The molecule has 7 nitrogen and oxygen atoms in total. The van der Waals surface area contributed by atoms with Crippen LogP contribution < -0.4 is 10.3 Å². The molecule has 0 spiro atoms. The minimum Gasteiger partial charge on any atom is -0.423 e. The molecule has 0 bridgehead atoms. The van der Waals surface area contributed by atoms with E-state index in [9.17, 15) is 13.2 Å². The van der Waals surface area contributed by atoms with E-state index in [0.717, 1.165) is 32.7 Å². The van der Waals surface area contributed by atoms with Crippen molar-refractivity contribution < 1.29 is 12.8 Å². The topological polar surface area (TPSA) is 82.9 Å². The quantitative estimate of drug-likeness (QED) is 0.753. The minimum absolute atomic E-state index is 0.172. The maximum Gasteiger partial charge on any atom is 0.336 e. The zero-order chi connectivity index (χ0) is 18.7. The fourth-order valence-corrected chi connectivity index (χ4v) is 4.29. The maximum atomic E-state index is 12.6. The second kappa shape index (κ2) is 7.87. The largest absolute Gasteiger partial charge is 0.423 e. The van der Waals surface area contributed by atoms with Crippen LogP contribution in [0.3, 0.4) is 0 Å². The van der Waals surface area contributed by atoms with Crippen LogP contribution in [0.1, 0.15) is 6.92 Å². The van der Waals surface area contributed by atoms with Crippen LogP contribution >= 0.6 is 0 Å². The number of benzene rings is 1. The summed E-state index contributed by atoms with van der Waals surface area (Å²) in [5.41, 5.74) is -0.0798. The molecule has 142 valence electrons. The number of hydrogen-bond acceptors (Lipinski definition) is 6. The summed E-state index contributed by atoms with van der Waals surface area (Å²) in [6.07, 6.45) is 0. The Balaban J connectivity index is 1.61. The van der Waals surface area contributed by atoms with E-state index in [-0.39, 0.29) is 10.8 Å². The Kier molecular flexibility index (Phi) is 5.76. The standard InChI is InChI=1S/C18H25N3O4S/c1-14(13-21-9-7-20(2)8-10-21)12-19-26(23,24)16-4-5-17-15(11-16)3-6-18(22)25-17/h3-6,11,14,19H,7-10,12-13H2,1-2H3. The van der Waals surface area contributed by atoms with Crippen molar-refractivity contribution in [3.8, 4) is 0 Å². The molecule has 1 N–H and O–H groups in total. The van der Waals surface area contributed by atoms with Crippen molar-refractivity contribution in [3.05, 3.63) is 40.8 Å². The summed E-state index contributed by atoms with van der Waals surface area (Å²) in [5, 5.41) is 0.581. The third-order valence-electron chi connectivity index (χ3n) is 4.69. The molecular formula is C18H25N3O4S. The van der Waals surface area contributed by atoms with Crippen LogP contribution in [0.2, 0.25) is 0 Å². The van der Waals surface area contributed by atoms with Gasteiger partial charge in [-0.3, -0.25) is 0 Å². The second-order valence-corrected chi connectivity index (χ2v) is 8.78. The average Bonchev–Trinajstić information content (AvgIpc) is 2.61. The van der Waals surface area contributed by atoms with Gasteiger partial charge in [-0.15, -0.1) is 0 Å². The van der Waals surface area contributed by atoms with Gasteiger partial charge in [0.25, 0.3) is 0 Å². The van der Waals surface area contributed by atoms with Gasteiger partial charge in [0.05, 0.1) is 4.90 Å². The highest BCUT2D eigenvalue weighted by atomic mass is 32.2. The van der Waals surface area contributed by atoms with Crippen LogP contribution in [-0.2, 0) is 10.0 Å². The molecule has 1 aliphatic rings. The molecule has 0 radical (unpaired) electrons. The highest BCUT2D eigenvalue weighted by Gasteiger charge is 2.19. The Labute approximate surface area is 153 Å². The molecule has 0 amide bonds. The summed E-state index contributed by atoms with van der Waals surface area (Å²) in [7, 11) is -1.49. The fraction of sp³-hybridized carbons (Fsp3) is 0.500. The fourth-order valence-electron chi connectivity index (χ4n) is 3.09. The third-order valence-corrected chi connectivity index (χ3v) is 6.11. The van der Waals surface area contributed by atoms with Gasteiger partial charge in [-0.05, 0) is 37.2 Å². The molecule has 1 atom stereocenters. The highest BCUT2D eigenvalue weighted by Crippen LogP contribution is 2.18. The smallest absolute Gasteiger partial charge is 0.336 e. The van der Waals surface area contributed by atoms with Gasteiger partial charge in [0, 0.05) is 50.7 Å². The monoisotopic (exact) mass is 379 g/mol. The van der Waals surface area contributed by atoms with Crippen molar-refractivity contribution >= 4 is 21.0 Å². The zero-order valence-electron chi connectivity index (χ0n) is 15.1. The number of rotatable bonds is 6. The molecule has 1 aromatic carbocycles. The molecule has 2 heterocycles. The maximum absolute atomic E-state index is 12.6. The first-order chi connectivity index (χ1) is 12.3. The van der Waals surface area contributed by atoms with Crippen molar-refractivity contribution in [1.82, 2.24) is 14.5 Å². The summed E-state index contributed by atoms with van der Waals surface area (Å²) in [4.78, 5) is 16.1. The van der Waals surface area contributed by atoms with Crippen LogP contribution in [0.25, 0.3) is 11.0 Å². The molecule has 0 aliphatic carbocycles. The Bertz CT molecular complexity index is 917. The van der Waals surface area contributed by atoms with E-state index in [1.807, 2.05) is 0 Å². The van der Waals surface area contributed by atoms with Gasteiger partial charge in [-0.1, -0.05) is 6.92 Å². The number of nitrogens with zero attached hydrogens (tertiary/aromatic N) is 2. The van der Waals surface area contributed by atoms with Gasteiger partial charge in [0.15, 0.2) is 0 Å². The van der Waals surface area contributed by atoms with Gasteiger partial charge in [0.1, 0.15) is 5.58 Å². The van der Waals surface area contributed by atoms with E-state index in [0.29, 0.717) is 17.5 Å². The second-order valence-electron chi connectivity index (χ2n) is 7.02. The minimum atomic E-state index is -3.60. The van der Waals surface area contributed by atoms with E-state index in [2.05, 4.69) is 28.5 Å². The van der Waals surface area contributed by atoms with E-state index < -0.39 is 15.6 Å². The molecule has 1 saturated heterocycles. The van der Waals surface area contributed by atoms with E-state index in [1.54, 1.807) is 6.07 Å². The number of likely N-dealkylation sites (N-methyl/N-ethyl adjacent to an activating group) is 1. The van der Waals surface area contributed by atoms with Gasteiger partial charge in [0.2, 0.25) is 10.0 Å². The lowest BCUT2D eigenvalue weighted by Crippen LogP contribution is -2.46. The first-order valence-electron chi connectivity index (χ1n) is 8.78. The molecular weight excluding hydrogens is 354 g/mol. The average molecular weight is 379 g/mol. The number of hydrogen-bond donors (Lipinski definition) is 1. The lowest BCUT2D eigenvalue weighted by atomic mass is 10.1. The summed E-state index contributed by atoms with van der Waals surface area (Å²) in [6.45, 7) is 7.44. The van der Waals surface area contributed by atoms with Gasteiger partial charge in [-0.2, -0.15) is 0 Å². The number of piperazine rings is 1. The van der Waals surface area contributed by atoms with Crippen molar-refractivity contribution in [2.45, 2.75) is 11.8 Å². The van der Waals surface area contributed by atoms with Gasteiger partial charge in [-0.25, -0.2) is 17.9 Å². The Morgan fingerprint density at radius 3 is 2.62 bits per heavy atom. The first kappa shape index (κ1) is 19.0. The predicted octanol–water partition coefficient (Wildman–Crippen LogP) is 0.955. The van der Waals surface area contributed by atoms with Crippen LogP contribution in [0.15, 0.2) is 44.4 Å². The van der Waals surface area contributed by atoms with Crippen LogP contribution in [0.5, 0.6) is 0 Å². The predicted molar refractivity (Wildman–Crippen MR) is 101 cm³/mol. The lowest BCUT2D eigenvalue weighted by molar-refractivity contribution is 0.139. The van der Waals surface area contributed by atoms with Crippen molar-refractivity contribution in [3.63, 3.8) is 0 Å². The summed E-state index contributed by atoms with van der Waals surface area (Å²) < 4.78 is 32.8. The van der Waals surface area contributed by atoms with Crippen LogP contribution in [0, 0.1) is 5.92 Å². The number of nitrogens with one attached hydrogen (secondary N) is 1. The number of fused-ring (bicyclic) bond motifs is 1. The third kappa shape index (κ3) is 4.70. The molecule has 1 fully saturated rings. The number of sulfonamides is 1. The molecule has 1 unspecified atom stereocenters. The zero-order valence-corrected chi connectivity index (χ0v) is 16.0. The molecule has 8 heteroatoms. The van der Waals surface area contributed by atoms with Crippen molar-refractivity contribution in [1.29, 1.82) is 0 Å². The molecule has 0 saturated carbocycles. The molecule has 26 heavy (non-hydrogen) atoms. The summed E-state index contributed by atoms with van der Waals surface area (Å²) in [6, 6.07) is 7.34. The van der Waals surface area contributed by atoms with E-state index >= 15 is 0 Å². The van der Waals surface area contributed by atoms with E-state index in [4.69, 9.17) is 4.42 Å². The first-order valence-corrected chi connectivity index (χ1v) is 10.3. The molecule has 1 aliphatic heterocycles. The normalized spacial score (nSPS) is 18.2. The Morgan fingerprint density at radius 2 is 1.88 bits per heavy atom. The Morgan fingerprint density at radius 1 is 1.15 bits per heavy atom. The molecule has 1 aromatic heterocycles. The lowest BCUT2D eigenvalue weighted by Gasteiger charge is -2.33. The highest BCUT2D eigenvalue weighted by molar-refractivity contribution is 7.89. The van der Waals surface area contributed by atoms with Crippen LogP contribution in [-0.4, -0.2) is 64.5 Å². The summed E-state index contributed by atoms with van der Waals surface area (Å²) >= 11 is 0. The van der Waals surface area contributed by atoms with Crippen LogP contribution in [0.4, 0.5) is 0 Å².